The van der Waals surface area contributed by atoms with E-state index in [2.05, 4.69) is 27.4 Å². The van der Waals surface area contributed by atoms with E-state index in [0.717, 1.165) is 36.2 Å². The molecule has 7 nitrogen and oxygen atoms in total. The molecule has 0 saturated carbocycles. The number of nitrogens with one attached hydrogen (secondary N) is 1. The number of carbonyl (C=O) groups is 2. The predicted molar refractivity (Wildman–Crippen MR) is 151 cm³/mol. The van der Waals surface area contributed by atoms with E-state index in [1.807, 2.05) is 62.4 Å². The number of aromatic nitrogens is 2. The second-order valence-electron chi connectivity index (χ2n) is 9.44. The molecule has 1 aliphatic carbocycles. The van der Waals surface area contributed by atoms with Crippen molar-refractivity contribution in [3.8, 4) is 5.75 Å². The van der Waals surface area contributed by atoms with Gasteiger partial charge in [0.15, 0.2) is 5.16 Å². The lowest BCUT2D eigenvalue weighted by molar-refractivity contribution is -0.139. The summed E-state index contributed by atoms with van der Waals surface area (Å²) in [6.45, 7) is 4.17. The highest BCUT2D eigenvalue weighted by molar-refractivity contribution is 7.99. The van der Waals surface area contributed by atoms with Gasteiger partial charge in [-0.1, -0.05) is 54.2 Å². The normalized spacial score (nSPS) is 15.5. The van der Waals surface area contributed by atoms with Crippen molar-refractivity contribution in [3.05, 3.63) is 89.8 Å². The summed E-state index contributed by atoms with van der Waals surface area (Å²) in [5.41, 5.74) is 3.36. The SMILES string of the molecule is COc1ccc(NC(=O)[C@H]([C@@H]2CC=CCC2)N(Cc2ccccc2)C(=O)CSc2nc(C)cc(C)n2)cc1. The van der Waals surface area contributed by atoms with Gasteiger partial charge in [0.1, 0.15) is 11.8 Å². The number of thioether (sulfide) groups is 1. The number of methoxy groups -OCH3 is 1. The maximum Gasteiger partial charge on any atom is 0.247 e. The second kappa shape index (κ2) is 13.2. The highest BCUT2D eigenvalue weighted by atomic mass is 32.2. The van der Waals surface area contributed by atoms with Crippen molar-refractivity contribution in [1.82, 2.24) is 14.9 Å². The quantitative estimate of drug-likeness (QED) is 0.209. The Bertz CT molecular complexity index is 1240. The summed E-state index contributed by atoms with van der Waals surface area (Å²) in [5.74, 6) is 0.556. The highest BCUT2D eigenvalue weighted by Crippen LogP contribution is 2.29. The summed E-state index contributed by atoms with van der Waals surface area (Å²) in [7, 11) is 1.61. The third kappa shape index (κ3) is 7.44. The summed E-state index contributed by atoms with van der Waals surface area (Å²) in [4.78, 5) is 38.4. The minimum Gasteiger partial charge on any atom is -0.497 e. The van der Waals surface area contributed by atoms with Crippen LogP contribution in [-0.2, 0) is 16.1 Å². The molecule has 2 amide bonds. The summed E-state index contributed by atoms with van der Waals surface area (Å²) >= 11 is 1.31. The summed E-state index contributed by atoms with van der Waals surface area (Å²) in [5, 5.41) is 3.62. The Kier molecular flexibility index (Phi) is 9.54. The number of nitrogens with zero attached hydrogens (tertiary/aromatic N) is 3. The van der Waals surface area contributed by atoms with Crippen LogP contribution in [0.3, 0.4) is 0 Å². The van der Waals surface area contributed by atoms with Gasteiger partial charge in [0, 0.05) is 23.6 Å². The first kappa shape index (κ1) is 27.4. The van der Waals surface area contributed by atoms with Gasteiger partial charge < -0.3 is 15.0 Å². The third-order valence-corrected chi connectivity index (χ3v) is 7.35. The number of hydrogen-bond donors (Lipinski definition) is 1. The van der Waals surface area contributed by atoms with Crippen molar-refractivity contribution in [2.24, 2.45) is 5.92 Å². The number of hydrogen-bond acceptors (Lipinski definition) is 6. The van der Waals surface area contributed by atoms with Gasteiger partial charge in [-0.3, -0.25) is 9.59 Å². The molecule has 8 heteroatoms. The average molecular weight is 531 g/mol. The molecule has 2 aromatic carbocycles. The molecule has 2 atom stereocenters. The fourth-order valence-corrected chi connectivity index (χ4v) is 5.53. The largest absolute Gasteiger partial charge is 0.497 e. The Balaban J connectivity index is 1.62. The van der Waals surface area contributed by atoms with Crippen molar-refractivity contribution in [2.75, 3.05) is 18.2 Å². The third-order valence-electron chi connectivity index (χ3n) is 6.52. The topological polar surface area (TPSA) is 84.4 Å². The van der Waals surface area contributed by atoms with E-state index in [4.69, 9.17) is 4.74 Å². The molecule has 1 aliphatic rings. The summed E-state index contributed by atoms with van der Waals surface area (Å²) < 4.78 is 5.25. The second-order valence-corrected chi connectivity index (χ2v) is 10.4. The Morgan fingerprint density at radius 2 is 1.76 bits per heavy atom. The van der Waals surface area contributed by atoms with Crippen molar-refractivity contribution in [2.45, 2.75) is 50.9 Å². The predicted octanol–water partition coefficient (Wildman–Crippen LogP) is 5.59. The van der Waals surface area contributed by atoms with E-state index < -0.39 is 6.04 Å². The minimum absolute atomic E-state index is 0.00775. The van der Waals surface area contributed by atoms with Crippen LogP contribution in [0.15, 0.2) is 78.0 Å². The number of anilines is 1. The smallest absolute Gasteiger partial charge is 0.247 e. The van der Waals surface area contributed by atoms with Gasteiger partial charge in [-0.15, -0.1) is 0 Å². The summed E-state index contributed by atoms with van der Waals surface area (Å²) in [6, 6.07) is 18.3. The zero-order chi connectivity index (χ0) is 26.9. The van der Waals surface area contributed by atoms with Crippen molar-refractivity contribution in [3.63, 3.8) is 0 Å². The fraction of sp³-hybridized carbons (Fsp3) is 0.333. The lowest BCUT2D eigenvalue weighted by Crippen LogP contribution is -2.51. The lowest BCUT2D eigenvalue weighted by atomic mass is 9.86. The van der Waals surface area contributed by atoms with Crippen LogP contribution in [0.1, 0.15) is 36.2 Å². The summed E-state index contributed by atoms with van der Waals surface area (Å²) in [6.07, 6.45) is 6.72. The van der Waals surface area contributed by atoms with Crippen LogP contribution >= 0.6 is 11.8 Å². The Morgan fingerprint density at radius 1 is 1.05 bits per heavy atom. The molecule has 1 heterocycles. The molecular formula is C30H34N4O3S. The fourth-order valence-electron chi connectivity index (χ4n) is 4.69. The minimum atomic E-state index is -0.629. The van der Waals surface area contributed by atoms with Gasteiger partial charge in [0.05, 0.1) is 12.9 Å². The van der Waals surface area contributed by atoms with Gasteiger partial charge in [0.25, 0.3) is 0 Å². The van der Waals surface area contributed by atoms with Crippen molar-refractivity contribution < 1.29 is 14.3 Å². The molecule has 0 saturated heterocycles. The molecular weight excluding hydrogens is 496 g/mol. The van der Waals surface area contributed by atoms with Crippen molar-refractivity contribution >= 4 is 29.3 Å². The van der Waals surface area contributed by atoms with Gasteiger partial charge in [-0.25, -0.2) is 9.97 Å². The molecule has 0 fully saturated rings. The van der Waals surface area contributed by atoms with E-state index in [1.165, 1.54) is 11.8 Å². The average Bonchev–Trinajstić information content (AvgIpc) is 2.92. The number of benzene rings is 2. The molecule has 198 valence electrons. The number of amides is 2. The van der Waals surface area contributed by atoms with E-state index in [0.29, 0.717) is 23.1 Å². The molecule has 0 radical (unpaired) electrons. The first-order chi connectivity index (χ1) is 18.4. The molecule has 1 aromatic heterocycles. The van der Waals surface area contributed by atoms with Crippen LogP contribution in [0.2, 0.25) is 0 Å². The standard InChI is InChI=1S/C30H34N4O3S/c1-21-18-22(2)32-30(31-21)38-20-27(35)34(19-23-10-6-4-7-11-23)28(24-12-8-5-9-13-24)29(36)33-25-14-16-26(37-3)17-15-25/h4-8,10-11,14-18,24,28H,9,12-13,19-20H2,1-3H3,(H,33,36)/t24-,28+/m1/s1. The van der Waals surface area contributed by atoms with Gasteiger partial charge in [-0.2, -0.15) is 0 Å². The molecule has 0 aliphatic heterocycles. The van der Waals surface area contributed by atoms with Crippen LogP contribution in [0.4, 0.5) is 5.69 Å². The van der Waals surface area contributed by atoms with E-state index >= 15 is 0 Å². The maximum atomic E-state index is 13.9. The molecule has 0 spiro atoms. The number of ether oxygens (including phenoxy) is 1. The Morgan fingerprint density at radius 3 is 2.39 bits per heavy atom. The number of aryl methyl sites for hydroxylation is 2. The van der Waals surface area contributed by atoms with Crippen LogP contribution < -0.4 is 10.1 Å². The van der Waals surface area contributed by atoms with Crippen LogP contribution in [0, 0.1) is 19.8 Å². The number of rotatable bonds is 10. The monoisotopic (exact) mass is 530 g/mol. The Labute approximate surface area is 228 Å². The lowest BCUT2D eigenvalue weighted by Gasteiger charge is -2.37. The molecule has 0 bridgehead atoms. The van der Waals surface area contributed by atoms with Gasteiger partial charge in [-0.05, 0) is 74.9 Å². The van der Waals surface area contributed by atoms with E-state index in [-0.39, 0.29) is 23.5 Å². The van der Waals surface area contributed by atoms with Gasteiger partial charge >= 0.3 is 0 Å². The van der Waals surface area contributed by atoms with Crippen LogP contribution in [0.5, 0.6) is 5.75 Å². The number of allylic oxidation sites excluding steroid dienone is 2. The van der Waals surface area contributed by atoms with Crippen LogP contribution in [-0.4, -0.2) is 45.6 Å². The van der Waals surface area contributed by atoms with E-state index in [9.17, 15) is 9.59 Å². The van der Waals surface area contributed by atoms with Crippen LogP contribution in [0.25, 0.3) is 0 Å². The zero-order valence-electron chi connectivity index (χ0n) is 22.1. The molecule has 0 unspecified atom stereocenters. The maximum absolute atomic E-state index is 13.9. The molecule has 4 rings (SSSR count). The first-order valence-electron chi connectivity index (χ1n) is 12.8. The zero-order valence-corrected chi connectivity index (χ0v) is 22.9. The molecule has 3 aromatic rings. The van der Waals surface area contributed by atoms with Crippen molar-refractivity contribution in [1.29, 1.82) is 0 Å². The first-order valence-corrected chi connectivity index (χ1v) is 13.8. The van der Waals surface area contributed by atoms with E-state index in [1.54, 1.807) is 24.1 Å². The number of carbonyl (C=O) groups excluding carboxylic acids is 2. The Hall–Kier alpha value is -3.65. The molecule has 38 heavy (non-hydrogen) atoms. The molecule has 1 N–H and O–H groups in total. The van der Waals surface area contributed by atoms with Gasteiger partial charge in [0.2, 0.25) is 11.8 Å². The highest BCUT2D eigenvalue weighted by Gasteiger charge is 2.36.